The van der Waals surface area contributed by atoms with Gasteiger partial charge in [0.25, 0.3) is 0 Å². The molecule has 0 saturated heterocycles. The van der Waals surface area contributed by atoms with Gasteiger partial charge in [0.15, 0.2) is 0 Å². The van der Waals surface area contributed by atoms with E-state index in [1.54, 1.807) is 0 Å². The standard InChI is InChI=1S/C10H13NO/c1-10(2)9-6-4-3-5-8(9)7-11(10)12/h3-6,11H,7H2,1-2H3. The van der Waals surface area contributed by atoms with Gasteiger partial charge in [-0.3, -0.25) is 0 Å². The van der Waals surface area contributed by atoms with Crippen LogP contribution in [-0.2, 0) is 12.1 Å². The number of hydrogen-bond donors (Lipinski definition) is 1. The number of nitrogens with one attached hydrogen (secondary N) is 1. The predicted molar refractivity (Wildman–Crippen MR) is 47.5 cm³/mol. The van der Waals surface area contributed by atoms with Crippen molar-refractivity contribution in [3.8, 4) is 0 Å². The molecule has 2 heteroatoms. The number of quaternary nitrogens is 1. The molecule has 0 spiro atoms. The molecule has 0 bridgehead atoms. The van der Waals surface area contributed by atoms with Crippen LogP contribution in [0.3, 0.4) is 0 Å². The van der Waals surface area contributed by atoms with Crippen LogP contribution in [0.4, 0.5) is 0 Å². The third-order valence-electron chi connectivity index (χ3n) is 2.74. The van der Waals surface area contributed by atoms with Crippen LogP contribution in [0.2, 0.25) is 0 Å². The lowest BCUT2D eigenvalue weighted by atomic mass is 9.95. The number of hydrogen-bond acceptors (Lipinski definition) is 1. The molecule has 12 heavy (non-hydrogen) atoms. The van der Waals surface area contributed by atoms with Crippen LogP contribution < -0.4 is 5.06 Å². The van der Waals surface area contributed by atoms with Crippen molar-refractivity contribution in [1.29, 1.82) is 0 Å². The van der Waals surface area contributed by atoms with Gasteiger partial charge in [-0.1, -0.05) is 24.3 Å². The largest absolute Gasteiger partial charge is 0.633 e. The van der Waals surface area contributed by atoms with Gasteiger partial charge in [-0.2, -0.15) is 0 Å². The second-order valence-corrected chi connectivity index (χ2v) is 3.88. The summed E-state index contributed by atoms with van der Waals surface area (Å²) in [6.45, 7) is 4.62. The van der Waals surface area contributed by atoms with Gasteiger partial charge in [0.2, 0.25) is 0 Å². The Bertz CT molecular complexity index is 306. The third kappa shape index (κ3) is 0.886. The molecule has 0 aliphatic carbocycles. The van der Waals surface area contributed by atoms with Gasteiger partial charge >= 0.3 is 0 Å². The van der Waals surface area contributed by atoms with Crippen LogP contribution >= 0.6 is 0 Å². The van der Waals surface area contributed by atoms with E-state index in [0.29, 0.717) is 11.6 Å². The Morgan fingerprint density at radius 2 is 2.00 bits per heavy atom. The zero-order chi connectivity index (χ0) is 8.77. The smallest absolute Gasteiger partial charge is 0.118 e. The van der Waals surface area contributed by atoms with Crippen molar-refractivity contribution in [3.63, 3.8) is 0 Å². The van der Waals surface area contributed by atoms with Crippen LogP contribution in [0, 0.1) is 5.21 Å². The maximum Gasteiger partial charge on any atom is 0.118 e. The first-order valence-electron chi connectivity index (χ1n) is 4.24. The van der Waals surface area contributed by atoms with Gasteiger partial charge in [0.1, 0.15) is 12.1 Å². The molecule has 2 nitrogen and oxygen atoms in total. The normalized spacial score (nSPS) is 25.4. The van der Waals surface area contributed by atoms with Gasteiger partial charge in [0, 0.05) is 11.1 Å². The number of fused-ring (bicyclic) bond motifs is 1. The van der Waals surface area contributed by atoms with E-state index in [2.05, 4.69) is 6.07 Å². The number of rotatable bonds is 0. The summed E-state index contributed by atoms with van der Waals surface area (Å²) in [5, 5.41) is 11.9. The van der Waals surface area contributed by atoms with Crippen molar-refractivity contribution in [1.82, 2.24) is 0 Å². The van der Waals surface area contributed by atoms with E-state index < -0.39 is 0 Å². The van der Waals surface area contributed by atoms with E-state index >= 15 is 0 Å². The number of benzene rings is 1. The van der Waals surface area contributed by atoms with Crippen LogP contribution in [0.1, 0.15) is 25.0 Å². The van der Waals surface area contributed by atoms with E-state index in [9.17, 15) is 5.21 Å². The van der Waals surface area contributed by atoms with Crippen molar-refractivity contribution in [2.45, 2.75) is 25.9 Å². The fraction of sp³-hybridized carbons (Fsp3) is 0.400. The zero-order valence-corrected chi connectivity index (χ0v) is 7.42. The van der Waals surface area contributed by atoms with Gasteiger partial charge in [0.05, 0.1) is 0 Å². The minimum Gasteiger partial charge on any atom is -0.633 e. The van der Waals surface area contributed by atoms with Crippen molar-refractivity contribution >= 4 is 0 Å². The van der Waals surface area contributed by atoms with E-state index in [1.807, 2.05) is 32.0 Å². The summed E-state index contributed by atoms with van der Waals surface area (Å²) >= 11 is 0. The Hall–Kier alpha value is -0.860. The van der Waals surface area contributed by atoms with Crippen molar-refractivity contribution in [2.75, 3.05) is 0 Å². The topological polar surface area (TPSA) is 27.5 Å². The first-order valence-corrected chi connectivity index (χ1v) is 4.24. The summed E-state index contributed by atoms with van der Waals surface area (Å²) < 4.78 is 0. The van der Waals surface area contributed by atoms with Gasteiger partial charge in [-0.25, -0.2) is 0 Å². The summed E-state index contributed by atoms with van der Waals surface area (Å²) in [6, 6.07) is 8.09. The molecule has 1 unspecified atom stereocenters. The molecule has 1 heterocycles. The van der Waals surface area contributed by atoms with E-state index in [-0.39, 0.29) is 5.54 Å². The van der Waals surface area contributed by atoms with Crippen LogP contribution in [0.25, 0.3) is 0 Å². The fourth-order valence-corrected chi connectivity index (χ4v) is 1.83. The lowest BCUT2D eigenvalue weighted by molar-refractivity contribution is -0.914. The summed E-state index contributed by atoms with van der Waals surface area (Å²) in [5.74, 6) is 0. The number of hydroxylamine groups is 2. The molecular weight excluding hydrogens is 150 g/mol. The minimum absolute atomic E-state index is 0.253. The summed E-state index contributed by atoms with van der Waals surface area (Å²) in [5.41, 5.74) is 2.15. The Labute approximate surface area is 72.4 Å². The Morgan fingerprint density at radius 1 is 1.33 bits per heavy atom. The molecule has 0 radical (unpaired) electrons. The highest BCUT2D eigenvalue weighted by molar-refractivity contribution is 5.33. The SMILES string of the molecule is CC1(C)c2ccccc2C[NH+]1[O-]. The third-order valence-corrected chi connectivity index (χ3v) is 2.74. The second-order valence-electron chi connectivity index (χ2n) is 3.88. The molecule has 1 aromatic carbocycles. The molecule has 0 saturated carbocycles. The quantitative estimate of drug-likeness (QED) is 0.563. The molecule has 2 rings (SSSR count). The van der Waals surface area contributed by atoms with Crippen molar-refractivity contribution in [3.05, 3.63) is 40.6 Å². The summed E-state index contributed by atoms with van der Waals surface area (Å²) in [6.07, 6.45) is 0. The van der Waals surface area contributed by atoms with Crippen LogP contribution in [0.15, 0.2) is 24.3 Å². The van der Waals surface area contributed by atoms with E-state index in [0.717, 1.165) is 0 Å². The highest BCUT2D eigenvalue weighted by atomic mass is 16.5. The van der Waals surface area contributed by atoms with Gasteiger partial charge in [-0.15, -0.1) is 0 Å². The monoisotopic (exact) mass is 163 g/mol. The zero-order valence-electron chi connectivity index (χ0n) is 7.42. The molecule has 1 aliphatic heterocycles. The fourth-order valence-electron chi connectivity index (χ4n) is 1.83. The maximum atomic E-state index is 11.6. The van der Waals surface area contributed by atoms with Crippen molar-refractivity contribution < 1.29 is 5.06 Å². The second kappa shape index (κ2) is 2.31. The molecule has 0 aromatic heterocycles. The molecule has 64 valence electrons. The summed E-state index contributed by atoms with van der Waals surface area (Å²) in [4.78, 5) is 0. The predicted octanol–water partition coefficient (Wildman–Crippen LogP) is 0.818. The molecule has 1 aromatic rings. The van der Waals surface area contributed by atoms with E-state index in [4.69, 9.17) is 0 Å². The van der Waals surface area contributed by atoms with Gasteiger partial charge < -0.3 is 10.3 Å². The summed E-state index contributed by atoms with van der Waals surface area (Å²) in [7, 11) is 0. The maximum absolute atomic E-state index is 11.6. The highest BCUT2D eigenvalue weighted by Gasteiger charge is 2.36. The Morgan fingerprint density at radius 3 is 2.67 bits per heavy atom. The highest BCUT2D eigenvalue weighted by Crippen LogP contribution is 2.25. The molecule has 0 amide bonds. The van der Waals surface area contributed by atoms with Crippen LogP contribution in [0.5, 0.6) is 0 Å². The lowest BCUT2D eigenvalue weighted by Gasteiger charge is -2.31. The molecule has 1 aliphatic rings. The first-order chi connectivity index (χ1) is 5.62. The molecular formula is C10H13NO. The molecule has 0 fully saturated rings. The van der Waals surface area contributed by atoms with Gasteiger partial charge in [-0.05, 0) is 13.8 Å². The minimum atomic E-state index is -0.253. The first kappa shape index (κ1) is 7.77. The Kier molecular flexibility index (Phi) is 1.50. The average molecular weight is 163 g/mol. The molecule has 1 atom stereocenters. The Balaban J connectivity index is 2.55. The average Bonchev–Trinajstić information content (AvgIpc) is 2.25. The van der Waals surface area contributed by atoms with Crippen LogP contribution in [-0.4, -0.2) is 0 Å². The van der Waals surface area contributed by atoms with E-state index in [1.165, 1.54) is 11.1 Å². The van der Waals surface area contributed by atoms with Crippen molar-refractivity contribution in [2.24, 2.45) is 0 Å². The lowest BCUT2D eigenvalue weighted by Crippen LogP contribution is -3.10. The molecule has 1 N–H and O–H groups in total.